The SMILES string of the molecule is COc1cccc(-c2cc(C(F)(F)F)nc(NCC(=O)O)n2)c1. The van der Waals surface area contributed by atoms with Gasteiger partial charge in [-0.1, -0.05) is 12.1 Å². The van der Waals surface area contributed by atoms with E-state index in [1.807, 2.05) is 0 Å². The van der Waals surface area contributed by atoms with Crippen LogP contribution >= 0.6 is 0 Å². The second-order valence-electron chi connectivity index (χ2n) is 4.44. The number of hydrogen-bond donors (Lipinski definition) is 2. The molecule has 2 rings (SSSR count). The van der Waals surface area contributed by atoms with Crippen molar-refractivity contribution in [1.29, 1.82) is 0 Å². The Balaban J connectivity index is 2.48. The first kappa shape index (κ1) is 16.5. The summed E-state index contributed by atoms with van der Waals surface area (Å²) in [5, 5.41) is 10.8. The number of halogens is 3. The molecule has 2 N–H and O–H groups in total. The summed E-state index contributed by atoms with van der Waals surface area (Å²) in [6.07, 6.45) is -4.68. The van der Waals surface area contributed by atoms with Gasteiger partial charge in [0.1, 0.15) is 12.3 Å². The number of ether oxygens (including phenoxy) is 1. The van der Waals surface area contributed by atoms with Gasteiger partial charge in [0.25, 0.3) is 0 Å². The highest BCUT2D eigenvalue weighted by atomic mass is 19.4. The molecule has 0 aliphatic carbocycles. The van der Waals surface area contributed by atoms with E-state index in [1.54, 1.807) is 18.2 Å². The van der Waals surface area contributed by atoms with Crippen molar-refractivity contribution in [3.8, 4) is 17.0 Å². The van der Waals surface area contributed by atoms with Crippen molar-refractivity contribution in [3.05, 3.63) is 36.0 Å². The predicted octanol–water partition coefficient (Wildman–Crippen LogP) is 2.67. The van der Waals surface area contributed by atoms with Crippen LogP contribution in [0, 0.1) is 0 Å². The summed E-state index contributed by atoms with van der Waals surface area (Å²) in [5.41, 5.74) is -0.784. The Hall–Kier alpha value is -2.84. The quantitative estimate of drug-likeness (QED) is 0.878. The average Bonchev–Trinajstić information content (AvgIpc) is 2.52. The maximum atomic E-state index is 12.9. The Labute approximate surface area is 129 Å². The maximum Gasteiger partial charge on any atom is 0.433 e. The van der Waals surface area contributed by atoms with E-state index in [0.29, 0.717) is 11.3 Å². The van der Waals surface area contributed by atoms with Crippen molar-refractivity contribution in [1.82, 2.24) is 9.97 Å². The van der Waals surface area contributed by atoms with Crippen molar-refractivity contribution in [2.24, 2.45) is 0 Å². The first-order valence-electron chi connectivity index (χ1n) is 6.36. The number of rotatable bonds is 5. The molecule has 0 unspecified atom stereocenters. The van der Waals surface area contributed by atoms with Gasteiger partial charge in [-0.2, -0.15) is 13.2 Å². The fourth-order valence-corrected chi connectivity index (χ4v) is 1.76. The third kappa shape index (κ3) is 4.31. The van der Waals surface area contributed by atoms with E-state index >= 15 is 0 Å². The standard InChI is InChI=1S/C14H12F3N3O3/c1-23-9-4-2-3-8(5-9)10-6-11(14(15,16)17)20-13(19-10)18-7-12(21)22/h2-6H,7H2,1H3,(H,21,22)(H,18,19,20). The number of anilines is 1. The van der Waals surface area contributed by atoms with Crippen LogP contribution in [0.3, 0.4) is 0 Å². The summed E-state index contributed by atoms with van der Waals surface area (Å²) in [6.45, 7) is -0.598. The fourth-order valence-electron chi connectivity index (χ4n) is 1.76. The monoisotopic (exact) mass is 327 g/mol. The summed E-state index contributed by atoms with van der Waals surface area (Å²) in [6, 6.07) is 7.11. The molecule has 0 fully saturated rings. The lowest BCUT2D eigenvalue weighted by atomic mass is 10.1. The van der Waals surface area contributed by atoms with Crippen molar-refractivity contribution < 1.29 is 27.8 Å². The van der Waals surface area contributed by atoms with Crippen LogP contribution in [0.5, 0.6) is 5.75 Å². The number of hydrogen-bond acceptors (Lipinski definition) is 5. The molecule has 9 heteroatoms. The Kier molecular flexibility index (Phi) is 4.68. The van der Waals surface area contributed by atoms with E-state index in [1.165, 1.54) is 13.2 Å². The number of aromatic nitrogens is 2. The second-order valence-corrected chi connectivity index (χ2v) is 4.44. The zero-order valence-corrected chi connectivity index (χ0v) is 11.9. The van der Waals surface area contributed by atoms with Gasteiger partial charge in [-0.05, 0) is 18.2 Å². The van der Waals surface area contributed by atoms with Gasteiger partial charge < -0.3 is 15.2 Å². The summed E-state index contributed by atoms with van der Waals surface area (Å²) >= 11 is 0. The number of carboxylic acid groups (broad SMARTS) is 1. The van der Waals surface area contributed by atoms with Gasteiger partial charge in [-0.15, -0.1) is 0 Å². The molecule has 0 aliphatic rings. The van der Waals surface area contributed by atoms with Gasteiger partial charge in [0.2, 0.25) is 5.95 Å². The molecule has 23 heavy (non-hydrogen) atoms. The van der Waals surface area contributed by atoms with E-state index in [4.69, 9.17) is 9.84 Å². The molecule has 2 aromatic rings. The Morgan fingerprint density at radius 3 is 2.65 bits per heavy atom. The van der Waals surface area contributed by atoms with Crippen molar-refractivity contribution in [2.75, 3.05) is 19.0 Å². The minimum Gasteiger partial charge on any atom is -0.497 e. The lowest BCUT2D eigenvalue weighted by molar-refractivity contribution is -0.141. The average molecular weight is 327 g/mol. The number of benzene rings is 1. The van der Waals surface area contributed by atoms with Crippen LogP contribution in [0.2, 0.25) is 0 Å². The zero-order chi connectivity index (χ0) is 17.0. The molecule has 0 saturated heterocycles. The van der Waals surface area contributed by atoms with E-state index in [9.17, 15) is 18.0 Å². The number of carboxylic acids is 1. The molecule has 0 amide bonds. The predicted molar refractivity (Wildman–Crippen MR) is 75.1 cm³/mol. The maximum absolute atomic E-state index is 12.9. The Morgan fingerprint density at radius 2 is 2.04 bits per heavy atom. The minimum atomic E-state index is -4.68. The van der Waals surface area contributed by atoms with Crippen molar-refractivity contribution in [2.45, 2.75) is 6.18 Å². The third-order valence-corrected chi connectivity index (χ3v) is 2.78. The van der Waals surface area contributed by atoms with Crippen molar-refractivity contribution in [3.63, 3.8) is 0 Å². The molecule has 6 nitrogen and oxygen atoms in total. The fraction of sp³-hybridized carbons (Fsp3) is 0.214. The van der Waals surface area contributed by atoms with E-state index in [2.05, 4.69) is 15.3 Å². The normalized spacial score (nSPS) is 11.1. The van der Waals surface area contributed by atoms with Crippen LogP contribution < -0.4 is 10.1 Å². The molecule has 1 aromatic heterocycles. The number of methoxy groups -OCH3 is 1. The molecule has 1 heterocycles. The van der Waals surface area contributed by atoms with Gasteiger partial charge in [0, 0.05) is 5.56 Å². The molecule has 0 aliphatic heterocycles. The summed E-state index contributed by atoms with van der Waals surface area (Å²) in [4.78, 5) is 17.8. The lowest BCUT2D eigenvalue weighted by Gasteiger charge is -2.11. The van der Waals surface area contributed by atoms with E-state index < -0.39 is 30.3 Å². The van der Waals surface area contributed by atoms with Crippen LogP contribution in [0.1, 0.15) is 5.69 Å². The number of nitrogens with one attached hydrogen (secondary N) is 1. The highest BCUT2D eigenvalue weighted by Gasteiger charge is 2.33. The molecular formula is C14H12F3N3O3. The van der Waals surface area contributed by atoms with E-state index in [-0.39, 0.29) is 5.69 Å². The van der Waals surface area contributed by atoms with E-state index in [0.717, 1.165) is 6.07 Å². The number of carbonyl (C=O) groups is 1. The number of alkyl halides is 3. The van der Waals surface area contributed by atoms with Gasteiger partial charge >= 0.3 is 12.1 Å². The third-order valence-electron chi connectivity index (χ3n) is 2.78. The molecule has 0 bridgehead atoms. The number of nitrogens with zero attached hydrogens (tertiary/aromatic N) is 2. The molecule has 0 atom stereocenters. The molecule has 0 radical (unpaired) electrons. The molecule has 1 aromatic carbocycles. The van der Waals surface area contributed by atoms with Crippen molar-refractivity contribution >= 4 is 11.9 Å². The summed E-state index contributed by atoms with van der Waals surface area (Å²) < 4.78 is 43.9. The lowest BCUT2D eigenvalue weighted by Crippen LogP contribution is -2.17. The van der Waals surface area contributed by atoms with Gasteiger partial charge in [-0.3, -0.25) is 4.79 Å². The van der Waals surface area contributed by atoms with Gasteiger partial charge in [0.15, 0.2) is 5.69 Å². The molecule has 122 valence electrons. The molecular weight excluding hydrogens is 315 g/mol. The molecule has 0 saturated carbocycles. The Bertz CT molecular complexity index is 720. The van der Waals surface area contributed by atoms with Crippen LogP contribution in [-0.4, -0.2) is 34.7 Å². The minimum absolute atomic E-state index is 0.000821. The molecule has 0 spiro atoms. The zero-order valence-electron chi connectivity index (χ0n) is 11.9. The smallest absolute Gasteiger partial charge is 0.433 e. The van der Waals surface area contributed by atoms with Crippen LogP contribution in [0.4, 0.5) is 19.1 Å². The highest BCUT2D eigenvalue weighted by Crippen LogP contribution is 2.31. The Morgan fingerprint density at radius 1 is 1.30 bits per heavy atom. The first-order valence-corrected chi connectivity index (χ1v) is 6.36. The topological polar surface area (TPSA) is 84.3 Å². The largest absolute Gasteiger partial charge is 0.497 e. The highest BCUT2D eigenvalue weighted by molar-refractivity contribution is 5.72. The van der Waals surface area contributed by atoms with Crippen LogP contribution in [0.25, 0.3) is 11.3 Å². The first-order chi connectivity index (χ1) is 10.8. The summed E-state index contributed by atoms with van der Waals surface area (Å²) in [5.74, 6) is -1.20. The number of aliphatic carboxylic acids is 1. The van der Waals surface area contributed by atoms with Crippen LogP contribution in [-0.2, 0) is 11.0 Å². The van der Waals surface area contributed by atoms with Gasteiger partial charge in [0.05, 0.1) is 12.8 Å². The van der Waals surface area contributed by atoms with Gasteiger partial charge in [-0.25, -0.2) is 9.97 Å². The second kappa shape index (κ2) is 6.51. The summed E-state index contributed by atoms with van der Waals surface area (Å²) in [7, 11) is 1.43. The van der Waals surface area contributed by atoms with Crippen LogP contribution in [0.15, 0.2) is 30.3 Å².